The van der Waals surface area contributed by atoms with E-state index in [1.54, 1.807) is 17.8 Å². The predicted octanol–water partition coefficient (Wildman–Crippen LogP) is 4.80. The van der Waals surface area contributed by atoms with Crippen LogP contribution in [0.15, 0.2) is 84.0 Å². The molecule has 2 N–H and O–H groups in total. The van der Waals surface area contributed by atoms with Crippen molar-refractivity contribution in [1.29, 1.82) is 0 Å². The van der Waals surface area contributed by atoms with E-state index in [0.717, 1.165) is 27.7 Å². The van der Waals surface area contributed by atoms with E-state index in [9.17, 15) is 4.79 Å². The molecule has 32 heavy (non-hydrogen) atoms. The fourth-order valence-corrected chi connectivity index (χ4v) is 4.15. The molecule has 0 aliphatic rings. The van der Waals surface area contributed by atoms with Gasteiger partial charge in [-0.25, -0.2) is 0 Å². The summed E-state index contributed by atoms with van der Waals surface area (Å²) in [7, 11) is 0. The van der Waals surface area contributed by atoms with Gasteiger partial charge in [0.15, 0.2) is 17.6 Å². The number of hydrogen-bond donors (Lipinski definition) is 1. The van der Waals surface area contributed by atoms with Gasteiger partial charge < -0.3 is 10.5 Å². The minimum absolute atomic E-state index is 0.146. The minimum Gasteiger partial charge on any atom is -0.484 e. The van der Waals surface area contributed by atoms with E-state index < -0.39 is 5.91 Å². The van der Waals surface area contributed by atoms with Crippen molar-refractivity contribution in [3.05, 3.63) is 95.0 Å². The average Bonchev–Trinajstić information content (AvgIpc) is 3.20. The monoisotopic (exact) mass is 464 g/mol. The highest BCUT2D eigenvalue weighted by Gasteiger charge is 2.15. The molecule has 0 bridgehead atoms. The fraction of sp³-hybridized carbons (Fsp3) is 0.125. The number of carbonyl (C=O) groups excluding carboxylic acids is 1. The van der Waals surface area contributed by atoms with E-state index in [0.29, 0.717) is 23.1 Å². The van der Waals surface area contributed by atoms with Crippen LogP contribution in [0.3, 0.4) is 0 Å². The lowest BCUT2D eigenvalue weighted by molar-refractivity contribution is -0.119. The summed E-state index contributed by atoms with van der Waals surface area (Å²) in [5.41, 5.74) is 8.31. The number of nitrogens with two attached hydrogens (primary N) is 1. The summed E-state index contributed by atoms with van der Waals surface area (Å²) in [4.78, 5) is 11.0. The first kappa shape index (κ1) is 21.9. The molecule has 4 aromatic rings. The Morgan fingerprint density at radius 2 is 1.72 bits per heavy atom. The van der Waals surface area contributed by atoms with Crippen LogP contribution in [-0.2, 0) is 17.1 Å². The normalized spacial score (nSPS) is 10.8. The van der Waals surface area contributed by atoms with Crippen molar-refractivity contribution in [2.24, 2.45) is 5.73 Å². The molecular weight excluding hydrogens is 444 g/mol. The zero-order chi connectivity index (χ0) is 22.3. The van der Waals surface area contributed by atoms with Crippen molar-refractivity contribution in [1.82, 2.24) is 14.8 Å². The van der Waals surface area contributed by atoms with Gasteiger partial charge in [-0.3, -0.25) is 9.36 Å². The Balaban J connectivity index is 1.57. The molecule has 0 saturated heterocycles. The summed E-state index contributed by atoms with van der Waals surface area (Å²) in [5, 5.41) is 10.4. The van der Waals surface area contributed by atoms with Crippen molar-refractivity contribution in [3.63, 3.8) is 0 Å². The molecule has 6 nitrogen and oxygen atoms in total. The van der Waals surface area contributed by atoms with E-state index in [2.05, 4.69) is 26.9 Å². The first-order chi connectivity index (χ1) is 15.6. The maximum atomic E-state index is 11.0. The molecule has 0 spiro atoms. The number of halogens is 1. The second-order valence-electron chi connectivity index (χ2n) is 7.08. The Hall–Kier alpha value is -3.29. The molecule has 0 aliphatic carbocycles. The Morgan fingerprint density at radius 1 is 0.969 bits per heavy atom. The van der Waals surface area contributed by atoms with Crippen LogP contribution in [0.4, 0.5) is 0 Å². The highest BCUT2D eigenvalue weighted by molar-refractivity contribution is 7.98. The van der Waals surface area contributed by atoms with E-state index in [4.69, 9.17) is 22.1 Å². The van der Waals surface area contributed by atoms with Gasteiger partial charge >= 0.3 is 0 Å². The molecule has 0 fully saturated rings. The number of amides is 1. The van der Waals surface area contributed by atoms with Crippen LogP contribution in [0.2, 0.25) is 5.02 Å². The van der Waals surface area contributed by atoms with Gasteiger partial charge in [0.05, 0.1) is 6.54 Å². The highest BCUT2D eigenvalue weighted by Crippen LogP contribution is 2.29. The van der Waals surface area contributed by atoms with Crippen molar-refractivity contribution in [2.75, 3.05) is 6.61 Å². The summed E-state index contributed by atoms with van der Waals surface area (Å²) in [6.07, 6.45) is 0. The van der Waals surface area contributed by atoms with Crippen molar-refractivity contribution in [3.8, 4) is 17.1 Å². The van der Waals surface area contributed by atoms with Gasteiger partial charge in [0.25, 0.3) is 5.91 Å². The molecule has 1 aromatic heterocycles. The topological polar surface area (TPSA) is 83.0 Å². The second kappa shape index (κ2) is 10.3. The van der Waals surface area contributed by atoms with Crippen LogP contribution in [0.5, 0.6) is 5.75 Å². The van der Waals surface area contributed by atoms with Gasteiger partial charge in [0.1, 0.15) is 5.75 Å². The van der Waals surface area contributed by atoms with Crippen molar-refractivity contribution < 1.29 is 9.53 Å². The van der Waals surface area contributed by atoms with Crippen LogP contribution in [0.25, 0.3) is 11.4 Å². The number of carbonyl (C=O) groups is 1. The Kier molecular flexibility index (Phi) is 7.09. The predicted molar refractivity (Wildman–Crippen MR) is 127 cm³/mol. The van der Waals surface area contributed by atoms with E-state index in [1.165, 1.54) is 0 Å². The summed E-state index contributed by atoms with van der Waals surface area (Å²) in [5.74, 6) is 1.55. The average molecular weight is 465 g/mol. The van der Waals surface area contributed by atoms with Gasteiger partial charge in [0, 0.05) is 16.3 Å². The molecule has 8 heteroatoms. The van der Waals surface area contributed by atoms with Gasteiger partial charge in [-0.05, 0) is 47.5 Å². The number of rotatable bonds is 9. The van der Waals surface area contributed by atoms with E-state index in [1.807, 2.05) is 60.7 Å². The fourth-order valence-electron chi connectivity index (χ4n) is 3.14. The number of thioether (sulfide) groups is 1. The standard InChI is InChI=1S/C24H21ClN4O2S/c25-20-11-9-19(10-12-20)23-27-28-24(29(23)14-17-5-2-1-3-6-17)32-16-18-7-4-8-21(13-18)31-15-22(26)30/h1-13H,14-16H2,(H2,26,30). The number of nitrogens with zero attached hydrogens (tertiary/aromatic N) is 3. The number of aromatic nitrogens is 3. The molecule has 0 saturated carbocycles. The lowest BCUT2D eigenvalue weighted by Crippen LogP contribution is -2.20. The largest absolute Gasteiger partial charge is 0.484 e. The second-order valence-corrected chi connectivity index (χ2v) is 8.45. The van der Waals surface area contributed by atoms with Crippen molar-refractivity contribution in [2.45, 2.75) is 17.5 Å². The van der Waals surface area contributed by atoms with Crippen LogP contribution in [0.1, 0.15) is 11.1 Å². The molecule has 0 aliphatic heterocycles. The quantitative estimate of drug-likeness (QED) is 0.359. The summed E-state index contributed by atoms with van der Waals surface area (Å²) >= 11 is 7.65. The minimum atomic E-state index is -0.506. The maximum absolute atomic E-state index is 11.0. The van der Waals surface area contributed by atoms with E-state index >= 15 is 0 Å². The molecule has 1 amide bonds. The molecule has 4 rings (SSSR count). The summed E-state index contributed by atoms with van der Waals surface area (Å²) < 4.78 is 7.51. The summed E-state index contributed by atoms with van der Waals surface area (Å²) in [6, 6.07) is 25.4. The third kappa shape index (κ3) is 5.69. The molecule has 0 radical (unpaired) electrons. The third-order valence-corrected chi connectivity index (χ3v) is 5.94. The Morgan fingerprint density at radius 3 is 2.47 bits per heavy atom. The third-order valence-electron chi connectivity index (χ3n) is 4.65. The first-order valence-corrected chi connectivity index (χ1v) is 11.3. The Bertz CT molecular complexity index is 1200. The molecule has 0 atom stereocenters. The zero-order valence-electron chi connectivity index (χ0n) is 17.1. The number of primary amides is 1. The van der Waals surface area contributed by atoms with Crippen LogP contribution in [0, 0.1) is 0 Å². The molecule has 3 aromatic carbocycles. The smallest absolute Gasteiger partial charge is 0.255 e. The Labute approximate surface area is 195 Å². The first-order valence-electron chi connectivity index (χ1n) is 9.94. The molecule has 162 valence electrons. The highest BCUT2D eigenvalue weighted by atomic mass is 35.5. The van der Waals surface area contributed by atoms with Crippen molar-refractivity contribution >= 4 is 29.3 Å². The van der Waals surface area contributed by atoms with Crippen LogP contribution >= 0.6 is 23.4 Å². The van der Waals surface area contributed by atoms with E-state index in [-0.39, 0.29) is 6.61 Å². The summed E-state index contributed by atoms with van der Waals surface area (Å²) in [6.45, 7) is 0.502. The number of benzene rings is 3. The lowest BCUT2D eigenvalue weighted by atomic mass is 10.2. The number of ether oxygens (including phenoxy) is 1. The molecule has 0 unspecified atom stereocenters. The SMILES string of the molecule is NC(=O)COc1cccc(CSc2nnc(-c3ccc(Cl)cc3)n2Cc2ccccc2)c1. The van der Waals surface area contributed by atoms with Gasteiger partial charge in [-0.2, -0.15) is 0 Å². The molecule has 1 heterocycles. The maximum Gasteiger partial charge on any atom is 0.255 e. The van der Waals surface area contributed by atoms with Gasteiger partial charge in [0.2, 0.25) is 0 Å². The van der Waals surface area contributed by atoms with Crippen LogP contribution < -0.4 is 10.5 Å². The zero-order valence-corrected chi connectivity index (χ0v) is 18.7. The number of hydrogen-bond acceptors (Lipinski definition) is 5. The van der Waals surface area contributed by atoms with Gasteiger partial charge in [-0.1, -0.05) is 65.8 Å². The van der Waals surface area contributed by atoms with Gasteiger partial charge in [-0.15, -0.1) is 10.2 Å². The van der Waals surface area contributed by atoms with Crippen LogP contribution in [-0.4, -0.2) is 27.3 Å². The molecular formula is C24H21ClN4O2S. The lowest BCUT2D eigenvalue weighted by Gasteiger charge is -2.11.